The highest BCUT2D eigenvalue weighted by Crippen LogP contribution is 2.19. The molecule has 0 saturated heterocycles. The van der Waals surface area contributed by atoms with Gasteiger partial charge in [-0.15, -0.1) is 0 Å². The number of hydrogen-bond acceptors (Lipinski definition) is 4. The normalized spacial score (nSPS) is 10.3. The quantitative estimate of drug-likeness (QED) is 0.802. The van der Waals surface area contributed by atoms with Gasteiger partial charge in [-0.3, -0.25) is 0 Å². The third kappa shape index (κ3) is 2.16. The van der Waals surface area contributed by atoms with E-state index in [0.29, 0.717) is 12.6 Å². The number of nitrogens with zero attached hydrogens (tertiary/aromatic N) is 1. The van der Waals surface area contributed by atoms with Crippen LogP contribution in [0.4, 0.5) is 11.7 Å². The third-order valence-corrected chi connectivity index (χ3v) is 2.10. The fraction of sp³-hybridized carbons (Fsp3) is 0.182. The van der Waals surface area contributed by atoms with E-state index in [1.54, 1.807) is 6.20 Å². The van der Waals surface area contributed by atoms with Gasteiger partial charge in [-0.25, -0.2) is 4.98 Å². The summed E-state index contributed by atoms with van der Waals surface area (Å²) < 4.78 is 5.32. The predicted molar refractivity (Wildman–Crippen MR) is 58.9 cm³/mol. The molecule has 1 aromatic heterocycles. The zero-order chi connectivity index (χ0) is 10.7. The van der Waals surface area contributed by atoms with Crippen LogP contribution in [0.3, 0.4) is 0 Å². The summed E-state index contributed by atoms with van der Waals surface area (Å²) in [6, 6.07) is 8.30. The van der Waals surface area contributed by atoms with E-state index < -0.39 is 0 Å². The zero-order valence-electron chi connectivity index (χ0n) is 8.53. The first-order chi connectivity index (χ1) is 7.29. The fourth-order valence-corrected chi connectivity index (χ4v) is 1.35. The molecule has 3 N–H and O–H groups in total. The van der Waals surface area contributed by atoms with Crippen LogP contribution in [-0.2, 0) is 6.54 Å². The smallest absolute Gasteiger partial charge is 0.299 e. The molecule has 2 rings (SSSR count). The summed E-state index contributed by atoms with van der Waals surface area (Å²) in [7, 11) is 0. The van der Waals surface area contributed by atoms with Crippen molar-refractivity contribution in [2.24, 2.45) is 5.73 Å². The van der Waals surface area contributed by atoms with E-state index in [2.05, 4.69) is 10.3 Å². The van der Waals surface area contributed by atoms with Gasteiger partial charge in [-0.05, 0) is 18.6 Å². The van der Waals surface area contributed by atoms with Crippen LogP contribution in [0.15, 0.2) is 34.9 Å². The van der Waals surface area contributed by atoms with Crippen molar-refractivity contribution in [3.05, 3.63) is 41.8 Å². The molecule has 0 radical (unpaired) electrons. The van der Waals surface area contributed by atoms with Crippen LogP contribution >= 0.6 is 0 Å². The summed E-state index contributed by atoms with van der Waals surface area (Å²) in [5, 5.41) is 3.09. The molecule has 4 nitrogen and oxygen atoms in total. The molecule has 0 saturated carbocycles. The first kappa shape index (κ1) is 9.73. The first-order valence-electron chi connectivity index (χ1n) is 4.77. The molecule has 78 valence electrons. The second-order valence-electron chi connectivity index (χ2n) is 3.26. The summed E-state index contributed by atoms with van der Waals surface area (Å²) >= 11 is 0. The molecule has 0 amide bonds. The Hall–Kier alpha value is -1.81. The third-order valence-electron chi connectivity index (χ3n) is 2.10. The van der Waals surface area contributed by atoms with E-state index in [1.807, 2.05) is 31.2 Å². The van der Waals surface area contributed by atoms with Crippen molar-refractivity contribution in [3.8, 4) is 0 Å². The molecule has 0 spiro atoms. The predicted octanol–water partition coefficient (Wildman–Crippen LogP) is 2.19. The van der Waals surface area contributed by atoms with Gasteiger partial charge in [0.15, 0.2) is 0 Å². The summed E-state index contributed by atoms with van der Waals surface area (Å²) in [5.74, 6) is 0.780. The molecule has 0 aliphatic heterocycles. The van der Waals surface area contributed by atoms with Gasteiger partial charge in [0.2, 0.25) is 0 Å². The Morgan fingerprint density at radius 3 is 2.87 bits per heavy atom. The van der Waals surface area contributed by atoms with Crippen LogP contribution in [0.1, 0.15) is 11.3 Å². The van der Waals surface area contributed by atoms with Crippen molar-refractivity contribution in [3.63, 3.8) is 0 Å². The lowest BCUT2D eigenvalue weighted by Crippen LogP contribution is -2.01. The molecule has 1 heterocycles. The van der Waals surface area contributed by atoms with Crippen LogP contribution in [-0.4, -0.2) is 4.98 Å². The standard InChI is InChI=1S/C11H13N3O/c1-8-7-13-11(15-8)14-10-5-3-2-4-9(10)6-12/h2-5,7H,6,12H2,1H3,(H,13,14). The van der Waals surface area contributed by atoms with Gasteiger partial charge >= 0.3 is 0 Å². The van der Waals surface area contributed by atoms with E-state index in [-0.39, 0.29) is 0 Å². The lowest BCUT2D eigenvalue weighted by molar-refractivity contribution is 0.545. The van der Waals surface area contributed by atoms with E-state index in [9.17, 15) is 0 Å². The zero-order valence-corrected chi connectivity index (χ0v) is 8.53. The van der Waals surface area contributed by atoms with Crippen molar-refractivity contribution < 1.29 is 4.42 Å². The van der Waals surface area contributed by atoms with Crippen LogP contribution in [0, 0.1) is 6.92 Å². The van der Waals surface area contributed by atoms with E-state index in [0.717, 1.165) is 17.0 Å². The van der Waals surface area contributed by atoms with E-state index >= 15 is 0 Å². The Labute approximate surface area is 88.1 Å². The number of rotatable bonds is 3. The number of aromatic nitrogens is 1. The molecule has 0 aliphatic carbocycles. The second-order valence-corrected chi connectivity index (χ2v) is 3.26. The molecule has 1 aromatic carbocycles. The van der Waals surface area contributed by atoms with Crippen molar-refractivity contribution in [1.82, 2.24) is 4.98 Å². The second kappa shape index (κ2) is 4.14. The monoisotopic (exact) mass is 203 g/mol. The minimum atomic E-state index is 0.489. The SMILES string of the molecule is Cc1cnc(Nc2ccccc2CN)o1. The highest BCUT2D eigenvalue weighted by Gasteiger charge is 2.03. The Kier molecular flexibility index (Phi) is 2.69. The Balaban J connectivity index is 2.23. The van der Waals surface area contributed by atoms with Crippen LogP contribution in [0.25, 0.3) is 0 Å². The van der Waals surface area contributed by atoms with Crippen molar-refractivity contribution in [2.45, 2.75) is 13.5 Å². The molecule has 2 aromatic rings. The van der Waals surface area contributed by atoms with Crippen molar-refractivity contribution in [1.29, 1.82) is 0 Å². The van der Waals surface area contributed by atoms with Crippen LogP contribution in [0.5, 0.6) is 0 Å². The average molecular weight is 203 g/mol. The minimum absolute atomic E-state index is 0.489. The largest absolute Gasteiger partial charge is 0.429 e. The van der Waals surface area contributed by atoms with E-state index in [4.69, 9.17) is 10.2 Å². The number of benzene rings is 1. The summed E-state index contributed by atoms with van der Waals surface area (Å²) in [6.45, 7) is 2.34. The molecule has 15 heavy (non-hydrogen) atoms. The summed E-state index contributed by atoms with van der Waals surface area (Å²) in [4.78, 5) is 4.07. The molecule has 4 heteroatoms. The van der Waals surface area contributed by atoms with Gasteiger partial charge in [-0.1, -0.05) is 18.2 Å². The van der Waals surface area contributed by atoms with E-state index in [1.165, 1.54) is 0 Å². The highest BCUT2D eigenvalue weighted by molar-refractivity contribution is 5.57. The number of nitrogens with two attached hydrogens (primary N) is 1. The average Bonchev–Trinajstić information content (AvgIpc) is 2.65. The minimum Gasteiger partial charge on any atom is -0.429 e. The fourth-order valence-electron chi connectivity index (χ4n) is 1.35. The lowest BCUT2D eigenvalue weighted by atomic mass is 10.2. The first-order valence-corrected chi connectivity index (χ1v) is 4.77. The number of oxazole rings is 1. The van der Waals surface area contributed by atoms with Crippen LogP contribution in [0.2, 0.25) is 0 Å². The Bertz CT molecular complexity index is 451. The molecule has 0 fully saturated rings. The van der Waals surface area contributed by atoms with Gasteiger partial charge in [0.05, 0.1) is 6.20 Å². The Morgan fingerprint density at radius 1 is 1.40 bits per heavy atom. The molecule has 0 aliphatic rings. The number of para-hydroxylation sites is 1. The van der Waals surface area contributed by atoms with Gasteiger partial charge in [-0.2, -0.15) is 0 Å². The molecule has 0 bridgehead atoms. The molecular formula is C11H13N3O. The van der Waals surface area contributed by atoms with Gasteiger partial charge in [0.25, 0.3) is 6.01 Å². The maximum absolute atomic E-state index is 5.62. The molecule has 0 unspecified atom stereocenters. The van der Waals surface area contributed by atoms with Crippen LogP contribution < -0.4 is 11.1 Å². The maximum atomic E-state index is 5.62. The highest BCUT2D eigenvalue weighted by atomic mass is 16.4. The van der Waals surface area contributed by atoms with Crippen molar-refractivity contribution >= 4 is 11.7 Å². The number of aryl methyl sites for hydroxylation is 1. The maximum Gasteiger partial charge on any atom is 0.299 e. The summed E-state index contributed by atoms with van der Waals surface area (Å²) in [5.41, 5.74) is 7.59. The molecule has 0 atom stereocenters. The number of anilines is 2. The topological polar surface area (TPSA) is 64.1 Å². The summed E-state index contributed by atoms with van der Waals surface area (Å²) in [6.07, 6.45) is 1.67. The van der Waals surface area contributed by atoms with Crippen molar-refractivity contribution in [2.75, 3.05) is 5.32 Å². The number of hydrogen-bond donors (Lipinski definition) is 2. The Morgan fingerprint density at radius 2 is 2.20 bits per heavy atom. The number of nitrogens with one attached hydrogen (secondary N) is 1. The van der Waals surface area contributed by atoms with Gasteiger partial charge in [0.1, 0.15) is 5.76 Å². The molecular weight excluding hydrogens is 190 g/mol. The van der Waals surface area contributed by atoms with Gasteiger partial charge < -0.3 is 15.5 Å². The lowest BCUT2D eigenvalue weighted by Gasteiger charge is -2.06. The van der Waals surface area contributed by atoms with Gasteiger partial charge in [0, 0.05) is 12.2 Å².